The summed E-state index contributed by atoms with van der Waals surface area (Å²) >= 11 is 0. The number of nitrogens with zero attached hydrogens (tertiary/aromatic N) is 4. The zero-order valence-corrected chi connectivity index (χ0v) is 21.2. The van der Waals surface area contributed by atoms with Crippen molar-refractivity contribution in [1.82, 2.24) is 19.7 Å². The number of hydrogen-bond donors (Lipinski definition) is 1. The van der Waals surface area contributed by atoms with Crippen LogP contribution in [0.1, 0.15) is 34.3 Å². The molecule has 0 saturated heterocycles. The molecule has 6 heteroatoms. The summed E-state index contributed by atoms with van der Waals surface area (Å²) in [5.74, 6) is 0.798. The maximum absolute atomic E-state index is 9.82. The molecule has 6 aromatic rings. The number of benzene rings is 2. The Hall–Kier alpha value is -4.97. The van der Waals surface area contributed by atoms with Gasteiger partial charge < -0.3 is 14.2 Å². The Bertz CT molecular complexity index is 1690. The summed E-state index contributed by atoms with van der Waals surface area (Å²) in [6.07, 6.45) is 5.85. The van der Waals surface area contributed by atoms with E-state index in [1.807, 2.05) is 80.8 Å². The molecule has 0 saturated carbocycles. The lowest BCUT2D eigenvalue weighted by Gasteiger charge is -2.20. The first kappa shape index (κ1) is 23.4. The number of rotatable bonds is 6. The molecule has 38 heavy (non-hydrogen) atoms. The van der Waals surface area contributed by atoms with Gasteiger partial charge in [0.2, 0.25) is 0 Å². The van der Waals surface area contributed by atoms with Gasteiger partial charge in [-0.2, -0.15) is 0 Å². The molecular weight excluding hydrogens is 472 g/mol. The van der Waals surface area contributed by atoms with E-state index in [4.69, 9.17) is 14.5 Å². The maximum Gasteiger partial charge on any atom is 0.141 e. The fourth-order valence-electron chi connectivity index (χ4n) is 5.07. The van der Waals surface area contributed by atoms with E-state index in [1.54, 1.807) is 0 Å². The molecule has 0 aliphatic carbocycles. The largest absolute Gasteiger partial charge is 0.508 e. The maximum atomic E-state index is 9.82. The van der Waals surface area contributed by atoms with Gasteiger partial charge in [0, 0.05) is 40.8 Å². The van der Waals surface area contributed by atoms with Gasteiger partial charge in [0.15, 0.2) is 0 Å². The fourth-order valence-corrected chi connectivity index (χ4v) is 5.07. The molecule has 6 nitrogen and oxygen atoms in total. The third-order valence-electron chi connectivity index (χ3n) is 6.88. The van der Waals surface area contributed by atoms with E-state index in [-0.39, 0.29) is 11.8 Å². The summed E-state index contributed by atoms with van der Waals surface area (Å²) in [6, 6.07) is 26.0. The molecule has 0 unspecified atom stereocenters. The highest BCUT2D eigenvalue weighted by atomic mass is 16.5. The Morgan fingerprint density at radius 3 is 2.34 bits per heavy atom. The predicted molar refractivity (Wildman–Crippen MR) is 150 cm³/mol. The summed E-state index contributed by atoms with van der Waals surface area (Å²) in [5.41, 5.74) is 9.25. The van der Waals surface area contributed by atoms with E-state index in [9.17, 15) is 5.11 Å². The molecule has 0 spiro atoms. The van der Waals surface area contributed by atoms with E-state index in [0.29, 0.717) is 5.56 Å². The molecule has 1 atom stereocenters. The topological polar surface area (TPSA) is 77.0 Å². The van der Waals surface area contributed by atoms with Crippen LogP contribution in [0, 0.1) is 13.8 Å². The average Bonchev–Trinajstić information content (AvgIpc) is 3.49. The van der Waals surface area contributed by atoms with E-state index >= 15 is 0 Å². The highest BCUT2D eigenvalue weighted by Crippen LogP contribution is 2.38. The average molecular weight is 499 g/mol. The zero-order valence-electron chi connectivity index (χ0n) is 21.2. The number of hydrogen-bond acceptors (Lipinski definition) is 5. The van der Waals surface area contributed by atoms with Crippen molar-refractivity contribution in [3.05, 3.63) is 132 Å². The molecule has 0 radical (unpaired) electrons. The number of pyridine rings is 2. The van der Waals surface area contributed by atoms with Crippen molar-refractivity contribution < 1.29 is 9.63 Å². The van der Waals surface area contributed by atoms with Gasteiger partial charge >= 0.3 is 0 Å². The summed E-state index contributed by atoms with van der Waals surface area (Å²) in [7, 11) is 0. The lowest BCUT2D eigenvalue weighted by molar-refractivity contribution is 0.393. The number of aliphatic hydroxyl groups is 1. The van der Waals surface area contributed by atoms with E-state index in [2.05, 4.69) is 46.8 Å². The first-order chi connectivity index (χ1) is 18.5. The predicted octanol–water partition coefficient (Wildman–Crippen LogP) is 7.54. The van der Waals surface area contributed by atoms with Crippen molar-refractivity contribution in [2.24, 2.45) is 0 Å². The number of aromatic nitrogens is 4. The van der Waals surface area contributed by atoms with Crippen molar-refractivity contribution in [2.75, 3.05) is 0 Å². The van der Waals surface area contributed by atoms with Gasteiger partial charge in [-0.05, 0) is 43.2 Å². The highest BCUT2D eigenvalue weighted by molar-refractivity contribution is 5.95. The standard InChI is InChI=1S/C32H26N4O2/c1-20-30(22(3)38-35-20)26-17-29-31(34-18-26)27(24-14-12-23(13-15-24)21(2)37)19-36(29)32(25-9-5-4-6-10-25)28-11-7-8-16-33-28/h4-19,32,37H,2H2,1,3H3/t32-/m1/s1. The van der Waals surface area contributed by atoms with Gasteiger partial charge in [0.25, 0.3) is 0 Å². The Labute approximate surface area is 220 Å². The van der Waals surface area contributed by atoms with Crippen LogP contribution in [-0.2, 0) is 0 Å². The van der Waals surface area contributed by atoms with Gasteiger partial charge in [0.05, 0.1) is 22.4 Å². The molecular formula is C32H26N4O2. The van der Waals surface area contributed by atoms with Gasteiger partial charge in [-0.15, -0.1) is 0 Å². The molecule has 0 aliphatic heterocycles. The Kier molecular flexibility index (Phi) is 5.85. The van der Waals surface area contributed by atoms with Crippen LogP contribution < -0.4 is 0 Å². The molecule has 2 aromatic carbocycles. The molecule has 0 aliphatic rings. The van der Waals surface area contributed by atoms with Crippen molar-refractivity contribution in [1.29, 1.82) is 0 Å². The van der Waals surface area contributed by atoms with Gasteiger partial charge in [-0.25, -0.2) is 0 Å². The number of aryl methyl sites for hydroxylation is 2. The second kappa shape index (κ2) is 9.48. The molecule has 0 bridgehead atoms. The minimum absolute atomic E-state index is 0.0421. The van der Waals surface area contributed by atoms with E-state index in [1.165, 1.54) is 0 Å². The second-order valence-corrected chi connectivity index (χ2v) is 9.33. The first-order valence-electron chi connectivity index (χ1n) is 12.4. The molecule has 4 heterocycles. The quantitative estimate of drug-likeness (QED) is 0.240. The second-order valence-electron chi connectivity index (χ2n) is 9.33. The number of fused-ring (bicyclic) bond motifs is 1. The lowest BCUT2D eigenvalue weighted by atomic mass is 10.0. The number of aliphatic hydroxyl groups excluding tert-OH is 1. The Morgan fingerprint density at radius 1 is 0.921 bits per heavy atom. The van der Waals surface area contributed by atoms with Crippen molar-refractivity contribution in [3.8, 4) is 22.3 Å². The van der Waals surface area contributed by atoms with Gasteiger partial charge in [-0.1, -0.05) is 72.4 Å². The summed E-state index contributed by atoms with van der Waals surface area (Å²) < 4.78 is 7.71. The molecule has 0 fully saturated rings. The summed E-state index contributed by atoms with van der Waals surface area (Å²) in [6.45, 7) is 7.50. The smallest absolute Gasteiger partial charge is 0.141 e. The van der Waals surface area contributed by atoms with Crippen molar-refractivity contribution in [3.63, 3.8) is 0 Å². The Balaban J connectivity index is 1.63. The monoisotopic (exact) mass is 498 g/mol. The molecule has 4 aromatic heterocycles. The minimum Gasteiger partial charge on any atom is -0.508 e. The summed E-state index contributed by atoms with van der Waals surface area (Å²) in [4.78, 5) is 9.71. The van der Waals surface area contributed by atoms with Crippen molar-refractivity contribution >= 4 is 16.8 Å². The van der Waals surface area contributed by atoms with Crippen LogP contribution in [0.5, 0.6) is 0 Å². The lowest BCUT2D eigenvalue weighted by Crippen LogP contribution is -2.13. The van der Waals surface area contributed by atoms with Crippen LogP contribution in [0.4, 0.5) is 0 Å². The third kappa shape index (κ3) is 4.06. The minimum atomic E-state index is -0.174. The highest BCUT2D eigenvalue weighted by Gasteiger charge is 2.24. The first-order valence-corrected chi connectivity index (χ1v) is 12.4. The van der Waals surface area contributed by atoms with Crippen LogP contribution in [-0.4, -0.2) is 24.8 Å². The van der Waals surface area contributed by atoms with Crippen LogP contribution in [0.15, 0.2) is 109 Å². The van der Waals surface area contributed by atoms with Gasteiger partial charge in [0.1, 0.15) is 17.6 Å². The molecule has 186 valence electrons. The normalized spacial score (nSPS) is 12.1. The SMILES string of the molecule is C=C(O)c1ccc(-c2cn([C@H](c3ccccc3)c3ccccn3)c3cc(-c4c(C)noc4C)cnc23)cc1. The molecule has 0 amide bonds. The van der Waals surface area contributed by atoms with Crippen LogP contribution >= 0.6 is 0 Å². The van der Waals surface area contributed by atoms with Crippen LogP contribution in [0.2, 0.25) is 0 Å². The zero-order chi connectivity index (χ0) is 26.2. The van der Waals surface area contributed by atoms with Crippen molar-refractivity contribution in [2.45, 2.75) is 19.9 Å². The van der Waals surface area contributed by atoms with Gasteiger partial charge in [-0.3, -0.25) is 9.97 Å². The molecule has 6 rings (SSSR count). The molecule has 1 N–H and O–H groups in total. The van der Waals surface area contributed by atoms with Crippen LogP contribution in [0.3, 0.4) is 0 Å². The van der Waals surface area contributed by atoms with Crippen LogP contribution in [0.25, 0.3) is 39.0 Å². The third-order valence-corrected chi connectivity index (χ3v) is 6.88. The Morgan fingerprint density at radius 2 is 1.68 bits per heavy atom. The fraction of sp³-hybridized carbons (Fsp3) is 0.0938. The summed E-state index contributed by atoms with van der Waals surface area (Å²) in [5, 5.41) is 14.0. The van der Waals surface area contributed by atoms with E-state index in [0.717, 1.165) is 56.0 Å². The van der Waals surface area contributed by atoms with E-state index < -0.39 is 0 Å².